The predicted octanol–water partition coefficient (Wildman–Crippen LogP) is 1.62. The summed E-state index contributed by atoms with van der Waals surface area (Å²) in [6, 6.07) is 1.27. The monoisotopic (exact) mass is 293 g/mol. The highest BCUT2D eigenvalue weighted by Gasteiger charge is 2.30. The summed E-state index contributed by atoms with van der Waals surface area (Å²) in [5.74, 6) is -2.62. The minimum Gasteiger partial charge on any atom is -0.478 e. The first-order valence-electron chi connectivity index (χ1n) is 5.06. The molecular weight excluding hydrogens is 285 g/mol. The van der Waals surface area contributed by atoms with Gasteiger partial charge in [0.1, 0.15) is 10.7 Å². The molecule has 0 aliphatic heterocycles. The van der Waals surface area contributed by atoms with E-state index in [1.165, 1.54) is 0 Å². The summed E-state index contributed by atoms with van der Waals surface area (Å²) < 4.78 is 39.4. The van der Waals surface area contributed by atoms with Gasteiger partial charge in [0.2, 0.25) is 10.0 Å². The predicted molar refractivity (Wildman–Crippen MR) is 61.7 cm³/mol. The number of carbonyl (C=O) groups is 1. The Morgan fingerprint density at radius 1 is 1.44 bits per heavy atom. The summed E-state index contributed by atoms with van der Waals surface area (Å²) in [6.07, 6.45) is 1.45. The summed E-state index contributed by atoms with van der Waals surface area (Å²) in [5.41, 5.74) is -0.726. The van der Waals surface area contributed by atoms with Crippen molar-refractivity contribution in [3.63, 3.8) is 0 Å². The average molecular weight is 294 g/mol. The van der Waals surface area contributed by atoms with Crippen molar-refractivity contribution in [3.05, 3.63) is 28.5 Å². The van der Waals surface area contributed by atoms with Crippen LogP contribution in [0.25, 0.3) is 0 Å². The summed E-state index contributed by atoms with van der Waals surface area (Å²) in [4.78, 5) is 10.3. The van der Waals surface area contributed by atoms with E-state index in [-0.39, 0.29) is 11.1 Å². The third kappa shape index (κ3) is 2.63. The summed E-state index contributed by atoms with van der Waals surface area (Å²) >= 11 is 5.64. The van der Waals surface area contributed by atoms with Crippen LogP contribution in [0.4, 0.5) is 4.39 Å². The Labute approximate surface area is 108 Å². The van der Waals surface area contributed by atoms with Gasteiger partial charge in [0.05, 0.1) is 10.6 Å². The number of nitrogens with one attached hydrogen (secondary N) is 1. The number of carboxylic acids is 1. The lowest BCUT2D eigenvalue weighted by Crippen LogP contribution is -2.26. The van der Waals surface area contributed by atoms with Crippen molar-refractivity contribution < 1.29 is 22.7 Å². The number of aromatic carboxylic acids is 1. The number of halogens is 2. The fraction of sp³-hybridized carbons (Fsp3) is 0.300. The molecule has 0 spiro atoms. The van der Waals surface area contributed by atoms with Gasteiger partial charge in [0, 0.05) is 6.04 Å². The van der Waals surface area contributed by atoms with Crippen molar-refractivity contribution in [2.75, 3.05) is 0 Å². The van der Waals surface area contributed by atoms with Crippen LogP contribution in [-0.4, -0.2) is 25.5 Å². The third-order valence-electron chi connectivity index (χ3n) is 2.44. The smallest absolute Gasteiger partial charge is 0.338 e. The van der Waals surface area contributed by atoms with E-state index >= 15 is 0 Å². The fourth-order valence-corrected chi connectivity index (χ4v) is 3.23. The van der Waals surface area contributed by atoms with Crippen molar-refractivity contribution in [1.82, 2.24) is 4.72 Å². The van der Waals surface area contributed by atoms with Crippen molar-refractivity contribution in [3.8, 4) is 0 Å². The molecule has 1 aromatic carbocycles. The van der Waals surface area contributed by atoms with Crippen LogP contribution in [0.3, 0.4) is 0 Å². The second kappa shape index (κ2) is 4.49. The third-order valence-corrected chi connectivity index (χ3v) is 4.43. The molecule has 0 atom stereocenters. The molecule has 2 rings (SSSR count). The molecule has 0 amide bonds. The van der Waals surface area contributed by atoms with Gasteiger partial charge in [-0.1, -0.05) is 11.6 Å². The molecule has 1 fully saturated rings. The highest BCUT2D eigenvalue weighted by molar-refractivity contribution is 7.89. The molecule has 0 bridgehead atoms. The van der Waals surface area contributed by atoms with E-state index in [1.54, 1.807) is 0 Å². The first kappa shape index (κ1) is 13.3. The maximum Gasteiger partial charge on any atom is 0.338 e. The van der Waals surface area contributed by atoms with Gasteiger partial charge in [-0.3, -0.25) is 0 Å². The molecule has 0 heterocycles. The molecule has 0 unspecified atom stereocenters. The van der Waals surface area contributed by atoms with Gasteiger partial charge in [0.25, 0.3) is 0 Å². The fourth-order valence-electron chi connectivity index (χ4n) is 1.38. The van der Waals surface area contributed by atoms with Gasteiger partial charge in [-0.2, -0.15) is 0 Å². The second-order valence-corrected chi connectivity index (χ2v) is 6.05. The molecule has 5 nitrogen and oxygen atoms in total. The Kier molecular flexibility index (Phi) is 3.31. The van der Waals surface area contributed by atoms with Crippen LogP contribution >= 0.6 is 11.6 Å². The van der Waals surface area contributed by atoms with Crippen molar-refractivity contribution in [1.29, 1.82) is 0 Å². The van der Waals surface area contributed by atoms with Crippen LogP contribution < -0.4 is 4.72 Å². The minimum atomic E-state index is -3.91. The van der Waals surface area contributed by atoms with Crippen molar-refractivity contribution in [2.24, 2.45) is 0 Å². The quantitative estimate of drug-likeness (QED) is 0.883. The molecule has 1 aliphatic rings. The number of rotatable bonds is 4. The first-order chi connectivity index (χ1) is 8.31. The largest absolute Gasteiger partial charge is 0.478 e. The molecule has 98 valence electrons. The van der Waals surface area contributed by atoms with Gasteiger partial charge in [-0.05, 0) is 25.0 Å². The zero-order valence-corrected chi connectivity index (χ0v) is 10.6. The van der Waals surface area contributed by atoms with Gasteiger partial charge in [-0.25, -0.2) is 22.3 Å². The number of sulfonamides is 1. The Morgan fingerprint density at radius 3 is 2.56 bits per heavy atom. The van der Waals surface area contributed by atoms with Crippen LogP contribution in [-0.2, 0) is 10.0 Å². The number of hydrogen-bond acceptors (Lipinski definition) is 3. The molecule has 8 heteroatoms. The van der Waals surface area contributed by atoms with E-state index < -0.39 is 32.3 Å². The van der Waals surface area contributed by atoms with E-state index in [9.17, 15) is 17.6 Å². The standard InChI is InChI=1S/C10H9ClFNO4S/c11-7-4-8(12)6(10(14)15)3-9(7)18(16,17)13-5-1-2-5/h3-5,13H,1-2H2,(H,14,15). The minimum absolute atomic E-state index is 0.149. The summed E-state index contributed by atoms with van der Waals surface area (Å²) in [7, 11) is -3.91. The summed E-state index contributed by atoms with van der Waals surface area (Å²) in [6.45, 7) is 0. The second-order valence-electron chi connectivity index (χ2n) is 3.96. The molecule has 1 aliphatic carbocycles. The average Bonchev–Trinajstić information content (AvgIpc) is 2.99. The van der Waals surface area contributed by atoms with Gasteiger partial charge >= 0.3 is 5.97 Å². The van der Waals surface area contributed by atoms with Gasteiger partial charge < -0.3 is 5.11 Å². The number of carboxylic acid groups (broad SMARTS) is 1. The number of hydrogen-bond donors (Lipinski definition) is 2. The molecule has 0 aromatic heterocycles. The molecule has 18 heavy (non-hydrogen) atoms. The van der Waals surface area contributed by atoms with E-state index in [0.717, 1.165) is 18.9 Å². The van der Waals surface area contributed by atoms with Crippen molar-refractivity contribution >= 4 is 27.6 Å². The first-order valence-corrected chi connectivity index (χ1v) is 6.92. The lowest BCUT2D eigenvalue weighted by atomic mass is 10.2. The Bertz CT molecular complexity index is 613. The lowest BCUT2D eigenvalue weighted by molar-refractivity contribution is 0.0691. The highest BCUT2D eigenvalue weighted by atomic mass is 35.5. The molecule has 1 aromatic rings. The zero-order chi connectivity index (χ0) is 13.5. The normalized spacial score (nSPS) is 15.7. The van der Waals surface area contributed by atoms with E-state index in [2.05, 4.69) is 4.72 Å². The molecule has 2 N–H and O–H groups in total. The zero-order valence-electron chi connectivity index (χ0n) is 8.98. The summed E-state index contributed by atoms with van der Waals surface area (Å²) in [5, 5.41) is 8.40. The lowest BCUT2D eigenvalue weighted by Gasteiger charge is -2.08. The van der Waals surface area contributed by atoms with Gasteiger partial charge in [-0.15, -0.1) is 0 Å². The van der Waals surface area contributed by atoms with Crippen LogP contribution in [0, 0.1) is 5.82 Å². The molecular formula is C10H9ClFNO4S. The van der Waals surface area contributed by atoms with Crippen LogP contribution in [0.2, 0.25) is 5.02 Å². The topological polar surface area (TPSA) is 83.5 Å². The molecule has 0 saturated heterocycles. The number of benzene rings is 1. The maximum atomic E-state index is 13.3. The SMILES string of the molecule is O=C(O)c1cc(S(=O)(=O)NC2CC2)c(Cl)cc1F. The van der Waals surface area contributed by atoms with E-state index in [0.29, 0.717) is 6.07 Å². The van der Waals surface area contributed by atoms with E-state index in [4.69, 9.17) is 16.7 Å². The maximum absolute atomic E-state index is 13.3. The van der Waals surface area contributed by atoms with E-state index in [1.807, 2.05) is 0 Å². The Hall–Kier alpha value is -1.18. The molecule has 1 saturated carbocycles. The van der Waals surface area contributed by atoms with Crippen LogP contribution in [0.5, 0.6) is 0 Å². The van der Waals surface area contributed by atoms with Crippen molar-refractivity contribution in [2.45, 2.75) is 23.8 Å². The molecule has 0 radical (unpaired) electrons. The Balaban J connectivity index is 2.49. The van der Waals surface area contributed by atoms with Crippen LogP contribution in [0.1, 0.15) is 23.2 Å². The highest BCUT2D eigenvalue weighted by Crippen LogP contribution is 2.28. The van der Waals surface area contributed by atoms with Gasteiger partial charge in [0.15, 0.2) is 0 Å². The Morgan fingerprint density at radius 2 is 2.06 bits per heavy atom. The van der Waals surface area contributed by atoms with Crippen LogP contribution in [0.15, 0.2) is 17.0 Å².